The standard InChI is InChI=1S/C15H14N2OS2/c1-10-14(8-18-13-4-2-12(16)3-5-13)20-15(17-10)11-6-7-19-9-11/h2-7,9H,8,16H2,1H3. The molecule has 3 nitrogen and oxygen atoms in total. The summed E-state index contributed by atoms with van der Waals surface area (Å²) in [6.07, 6.45) is 0. The lowest BCUT2D eigenvalue weighted by Gasteiger charge is -2.04. The summed E-state index contributed by atoms with van der Waals surface area (Å²) in [5.41, 5.74) is 8.61. The van der Waals surface area contributed by atoms with Crippen molar-refractivity contribution in [2.75, 3.05) is 5.73 Å². The maximum atomic E-state index is 5.78. The topological polar surface area (TPSA) is 48.1 Å². The Balaban J connectivity index is 1.73. The molecule has 2 N–H and O–H groups in total. The summed E-state index contributed by atoms with van der Waals surface area (Å²) in [7, 11) is 0. The van der Waals surface area contributed by atoms with Crippen LogP contribution in [0.4, 0.5) is 5.69 Å². The minimum Gasteiger partial charge on any atom is -0.488 e. The van der Waals surface area contributed by atoms with E-state index < -0.39 is 0 Å². The van der Waals surface area contributed by atoms with Gasteiger partial charge in [0.1, 0.15) is 17.4 Å². The molecule has 0 aliphatic heterocycles. The monoisotopic (exact) mass is 302 g/mol. The van der Waals surface area contributed by atoms with Crippen LogP contribution in [0.3, 0.4) is 0 Å². The third-order valence-electron chi connectivity index (χ3n) is 2.91. The van der Waals surface area contributed by atoms with Crippen LogP contribution in [0.5, 0.6) is 5.75 Å². The highest BCUT2D eigenvalue weighted by Gasteiger charge is 2.10. The normalized spacial score (nSPS) is 10.7. The smallest absolute Gasteiger partial charge is 0.124 e. The van der Waals surface area contributed by atoms with Gasteiger partial charge >= 0.3 is 0 Å². The number of thiazole rings is 1. The molecule has 0 bridgehead atoms. The summed E-state index contributed by atoms with van der Waals surface area (Å²) in [5, 5.41) is 5.24. The van der Waals surface area contributed by atoms with Gasteiger partial charge in [-0.25, -0.2) is 4.98 Å². The van der Waals surface area contributed by atoms with E-state index in [1.165, 1.54) is 5.56 Å². The molecule has 0 spiro atoms. The molecule has 2 aromatic heterocycles. The van der Waals surface area contributed by atoms with Gasteiger partial charge in [-0.05, 0) is 42.6 Å². The van der Waals surface area contributed by atoms with Crippen molar-refractivity contribution in [2.24, 2.45) is 0 Å². The number of thiophene rings is 1. The molecule has 3 aromatic rings. The highest BCUT2D eigenvalue weighted by Crippen LogP contribution is 2.30. The number of aryl methyl sites for hydroxylation is 1. The fraction of sp³-hybridized carbons (Fsp3) is 0.133. The number of aromatic nitrogens is 1. The lowest BCUT2D eigenvalue weighted by atomic mass is 10.3. The summed E-state index contributed by atoms with van der Waals surface area (Å²) in [5.74, 6) is 0.823. The maximum Gasteiger partial charge on any atom is 0.124 e. The molecule has 2 heterocycles. The van der Waals surface area contributed by atoms with E-state index >= 15 is 0 Å². The number of anilines is 1. The molecule has 0 aliphatic carbocycles. The number of hydrogen-bond acceptors (Lipinski definition) is 5. The number of nitrogens with zero attached hydrogens (tertiary/aromatic N) is 1. The van der Waals surface area contributed by atoms with Crippen molar-refractivity contribution in [1.29, 1.82) is 0 Å². The highest BCUT2D eigenvalue weighted by atomic mass is 32.1. The zero-order chi connectivity index (χ0) is 13.9. The molecule has 0 radical (unpaired) electrons. The summed E-state index contributed by atoms with van der Waals surface area (Å²) in [4.78, 5) is 5.76. The fourth-order valence-electron chi connectivity index (χ4n) is 1.78. The lowest BCUT2D eigenvalue weighted by Crippen LogP contribution is -1.95. The average Bonchev–Trinajstić information content (AvgIpc) is 3.08. The van der Waals surface area contributed by atoms with E-state index in [2.05, 4.69) is 21.8 Å². The van der Waals surface area contributed by atoms with Crippen LogP contribution in [0.25, 0.3) is 10.6 Å². The minimum absolute atomic E-state index is 0.539. The molecule has 20 heavy (non-hydrogen) atoms. The van der Waals surface area contributed by atoms with Crippen molar-refractivity contribution in [3.05, 3.63) is 51.7 Å². The van der Waals surface area contributed by atoms with Crippen molar-refractivity contribution < 1.29 is 4.74 Å². The van der Waals surface area contributed by atoms with Crippen LogP contribution in [0, 0.1) is 6.92 Å². The Labute approximate surface area is 125 Å². The largest absolute Gasteiger partial charge is 0.488 e. The first-order valence-electron chi connectivity index (χ1n) is 6.19. The van der Waals surface area contributed by atoms with Crippen LogP contribution in [0.2, 0.25) is 0 Å². The zero-order valence-electron chi connectivity index (χ0n) is 11.0. The van der Waals surface area contributed by atoms with Gasteiger partial charge in [-0.3, -0.25) is 0 Å². The molecule has 0 atom stereocenters. The second-order valence-corrected chi connectivity index (χ2v) is 6.26. The van der Waals surface area contributed by atoms with Crippen LogP contribution < -0.4 is 10.5 Å². The molecule has 0 fully saturated rings. The van der Waals surface area contributed by atoms with E-state index in [1.54, 1.807) is 22.7 Å². The van der Waals surface area contributed by atoms with Gasteiger partial charge in [0.05, 0.1) is 10.6 Å². The van der Waals surface area contributed by atoms with E-state index in [0.29, 0.717) is 6.61 Å². The number of ether oxygens (including phenoxy) is 1. The van der Waals surface area contributed by atoms with E-state index in [1.807, 2.05) is 31.2 Å². The lowest BCUT2D eigenvalue weighted by molar-refractivity contribution is 0.309. The Morgan fingerprint density at radius 3 is 2.70 bits per heavy atom. The van der Waals surface area contributed by atoms with Crippen molar-refractivity contribution in [3.63, 3.8) is 0 Å². The average molecular weight is 302 g/mol. The quantitative estimate of drug-likeness (QED) is 0.729. The molecule has 0 amide bonds. The summed E-state index contributed by atoms with van der Waals surface area (Å²) in [6.45, 7) is 2.56. The first kappa shape index (κ1) is 13.1. The van der Waals surface area contributed by atoms with Gasteiger partial charge < -0.3 is 10.5 Å². The van der Waals surface area contributed by atoms with Crippen molar-refractivity contribution in [3.8, 4) is 16.3 Å². The predicted octanol–water partition coefficient (Wildman–Crippen LogP) is 4.34. The van der Waals surface area contributed by atoms with Crippen molar-refractivity contribution >= 4 is 28.4 Å². The molecule has 0 unspecified atom stereocenters. The van der Waals surface area contributed by atoms with Gasteiger partial charge in [-0.1, -0.05) is 0 Å². The number of benzene rings is 1. The third-order valence-corrected chi connectivity index (χ3v) is 4.77. The van der Waals surface area contributed by atoms with Gasteiger partial charge in [-0.2, -0.15) is 11.3 Å². The molecule has 1 aromatic carbocycles. The first-order valence-corrected chi connectivity index (χ1v) is 7.95. The molecule has 5 heteroatoms. The molecule has 0 saturated carbocycles. The summed E-state index contributed by atoms with van der Waals surface area (Å²) < 4.78 is 5.78. The first-order chi connectivity index (χ1) is 9.72. The number of nitrogen functional groups attached to an aromatic ring is 1. The van der Waals surface area contributed by atoms with Gasteiger partial charge in [0.15, 0.2) is 0 Å². The van der Waals surface area contributed by atoms with Crippen molar-refractivity contribution in [2.45, 2.75) is 13.5 Å². The van der Waals surface area contributed by atoms with E-state index in [0.717, 1.165) is 27.0 Å². The number of nitrogens with two attached hydrogens (primary N) is 1. The second-order valence-electron chi connectivity index (χ2n) is 4.40. The Morgan fingerprint density at radius 2 is 2.00 bits per heavy atom. The Morgan fingerprint density at radius 1 is 1.20 bits per heavy atom. The van der Waals surface area contributed by atoms with Gasteiger partial charge in [0.25, 0.3) is 0 Å². The van der Waals surface area contributed by atoms with Gasteiger partial charge in [0, 0.05) is 16.6 Å². The minimum atomic E-state index is 0.539. The molecule has 0 saturated heterocycles. The zero-order valence-corrected chi connectivity index (χ0v) is 12.6. The van der Waals surface area contributed by atoms with E-state index in [-0.39, 0.29) is 0 Å². The molecular weight excluding hydrogens is 288 g/mol. The molecule has 3 rings (SSSR count). The number of rotatable bonds is 4. The molecule has 0 aliphatic rings. The van der Waals surface area contributed by atoms with E-state index in [9.17, 15) is 0 Å². The maximum absolute atomic E-state index is 5.78. The SMILES string of the molecule is Cc1nc(-c2ccsc2)sc1COc1ccc(N)cc1. The Hall–Kier alpha value is -1.85. The van der Waals surface area contributed by atoms with Crippen LogP contribution in [-0.2, 0) is 6.61 Å². The van der Waals surface area contributed by atoms with E-state index in [4.69, 9.17) is 10.5 Å². The Kier molecular flexibility index (Phi) is 3.71. The third kappa shape index (κ3) is 2.84. The predicted molar refractivity (Wildman–Crippen MR) is 85.4 cm³/mol. The van der Waals surface area contributed by atoms with Crippen LogP contribution in [0.15, 0.2) is 41.1 Å². The number of hydrogen-bond donors (Lipinski definition) is 1. The van der Waals surface area contributed by atoms with Crippen LogP contribution >= 0.6 is 22.7 Å². The summed E-state index contributed by atoms with van der Waals surface area (Å²) in [6, 6.07) is 9.53. The fourth-order valence-corrected chi connectivity index (χ4v) is 3.47. The molecular formula is C15H14N2OS2. The Bertz CT molecular complexity index is 687. The van der Waals surface area contributed by atoms with Gasteiger partial charge in [0.2, 0.25) is 0 Å². The second kappa shape index (κ2) is 5.64. The van der Waals surface area contributed by atoms with Crippen LogP contribution in [-0.4, -0.2) is 4.98 Å². The summed E-state index contributed by atoms with van der Waals surface area (Å²) >= 11 is 3.37. The van der Waals surface area contributed by atoms with Crippen LogP contribution in [0.1, 0.15) is 10.6 Å². The van der Waals surface area contributed by atoms with Crippen molar-refractivity contribution in [1.82, 2.24) is 4.98 Å². The highest BCUT2D eigenvalue weighted by molar-refractivity contribution is 7.15. The molecule has 102 valence electrons. The van der Waals surface area contributed by atoms with Gasteiger partial charge in [-0.15, -0.1) is 11.3 Å².